The number of alkyl halides is 1. The van der Waals surface area contributed by atoms with Crippen molar-refractivity contribution in [3.8, 4) is 11.3 Å². The molecule has 5 N–H and O–H groups in total. The van der Waals surface area contributed by atoms with Crippen LogP contribution in [0.4, 0.5) is 5.95 Å². The van der Waals surface area contributed by atoms with E-state index in [4.69, 9.17) is 33.7 Å². The highest BCUT2D eigenvalue weighted by Gasteiger charge is 2.56. The van der Waals surface area contributed by atoms with Gasteiger partial charge in [0.25, 0.3) is 5.56 Å². The van der Waals surface area contributed by atoms with Crippen LogP contribution in [0.3, 0.4) is 0 Å². The Kier molecular flexibility index (Phi) is 3.95. The van der Waals surface area contributed by atoms with Crippen molar-refractivity contribution in [2.24, 2.45) is 0 Å². The number of nitrogens with two attached hydrogens (primary N) is 1. The number of rotatable bonds is 2. The second-order valence-corrected chi connectivity index (χ2v) is 5.73. The fraction of sp³-hybridized carbons (Fsp3) is 0.417. The summed E-state index contributed by atoms with van der Waals surface area (Å²) in [5.74, 6) is 2.35. The van der Waals surface area contributed by atoms with Crippen LogP contribution in [-0.2, 0) is 4.74 Å². The third-order valence-corrected chi connectivity index (χ3v) is 4.17. The molecule has 0 amide bonds. The number of aromatic nitrogens is 4. The number of nitrogen functional groups attached to an aromatic ring is 1. The predicted octanol–water partition coefficient (Wildman–Crippen LogP) is -0.870. The molecule has 0 spiro atoms. The molecule has 122 valence electrons. The monoisotopic (exact) mass is 359 g/mol. The van der Waals surface area contributed by atoms with Crippen LogP contribution in [0.2, 0.25) is 0 Å². The van der Waals surface area contributed by atoms with Crippen LogP contribution in [0.1, 0.15) is 6.23 Å². The second kappa shape index (κ2) is 5.67. The third kappa shape index (κ3) is 2.36. The van der Waals surface area contributed by atoms with E-state index in [9.17, 15) is 15.0 Å². The summed E-state index contributed by atoms with van der Waals surface area (Å²) in [6.45, 7) is -0.487. The smallest absolute Gasteiger partial charge is 0.280 e. The van der Waals surface area contributed by atoms with E-state index in [2.05, 4.69) is 26.3 Å². The average Bonchev–Trinajstić information content (AvgIpc) is 3.01. The van der Waals surface area contributed by atoms with Crippen LogP contribution in [0, 0.1) is 11.3 Å². The largest absolute Gasteiger partial charge is 0.394 e. The van der Waals surface area contributed by atoms with Gasteiger partial charge in [-0.25, -0.2) is 4.98 Å². The number of aliphatic hydroxyl groups excluding tert-OH is 2. The van der Waals surface area contributed by atoms with E-state index in [1.165, 1.54) is 10.9 Å². The number of fused-ring (bicyclic) bond motifs is 1. The van der Waals surface area contributed by atoms with Crippen molar-refractivity contribution in [2.75, 3.05) is 12.3 Å². The number of aromatic amines is 1. The van der Waals surface area contributed by atoms with Crippen molar-refractivity contribution >= 4 is 40.3 Å². The molecule has 1 aliphatic heterocycles. The molecule has 0 bridgehead atoms. The van der Waals surface area contributed by atoms with Crippen LogP contribution in [0.15, 0.2) is 11.1 Å². The molecule has 3 heterocycles. The van der Waals surface area contributed by atoms with Gasteiger partial charge in [0.2, 0.25) is 5.95 Å². The zero-order chi connectivity index (χ0) is 16.8. The first-order valence-electron chi connectivity index (χ1n) is 6.40. The Morgan fingerprint density at radius 3 is 3.00 bits per heavy atom. The van der Waals surface area contributed by atoms with Gasteiger partial charge in [-0.3, -0.25) is 14.3 Å². The van der Waals surface area contributed by atoms with Crippen molar-refractivity contribution in [1.82, 2.24) is 19.5 Å². The first-order chi connectivity index (χ1) is 10.9. The van der Waals surface area contributed by atoms with Gasteiger partial charge in [-0.15, -0.1) is 0 Å². The summed E-state index contributed by atoms with van der Waals surface area (Å²) in [6, 6.07) is 0. The number of aliphatic hydroxyl groups is 2. The number of nitrogens with one attached hydrogen (secondary N) is 1. The maximum absolute atomic E-state index is 11.8. The number of ether oxygens (including phenoxy) is 1. The lowest BCUT2D eigenvalue weighted by molar-refractivity contribution is -0.0436. The van der Waals surface area contributed by atoms with Crippen molar-refractivity contribution in [3.63, 3.8) is 0 Å². The molecular formula is C12H11Cl2N5O4. The lowest BCUT2D eigenvalue weighted by Crippen LogP contribution is -2.41. The molecule has 2 aromatic heterocycles. The zero-order valence-corrected chi connectivity index (χ0v) is 12.9. The Morgan fingerprint density at radius 1 is 1.61 bits per heavy atom. The summed E-state index contributed by atoms with van der Waals surface area (Å²) in [5.41, 5.74) is 5.12. The SMILES string of the molecule is Nc1nc2c(ncn2[C@@H]2O[C@H](CO)[C@H](O)C2(Cl)C#CCl)c(=O)[nH]1. The maximum atomic E-state index is 11.8. The van der Waals surface area contributed by atoms with E-state index >= 15 is 0 Å². The molecular weight excluding hydrogens is 349 g/mol. The number of hydrogen-bond acceptors (Lipinski definition) is 7. The standard InChI is InChI=1S/C12H11Cl2N5O4/c13-2-1-12(14)7(21)5(3-20)23-10(12)19-4-16-6-8(19)17-11(15)18-9(6)22/h4-5,7,10,20-21H,3H2,(H3,15,17,18,22)/t5-,7+,10-,12?/m1/s1. The first kappa shape index (κ1) is 16.0. The summed E-state index contributed by atoms with van der Waals surface area (Å²) in [4.78, 5) is 20.4. The number of imidazole rings is 1. The lowest BCUT2D eigenvalue weighted by Gasteiger charge is -2.25. The number of nitrogens with zero attached hydrogens (tertiary/aromatic N) is 3. The Morgan fingerprint density at radius 2 is 2.35 bits per heavy atom. The molecule has 0 aromatic carbocycles. The number of hydrogen-bond donors (Lipinski definition) is 4. The van der Waals surface area contributed by atoms with Crippen molar-refractivity contribution in [1.29, 1.82) is 0 Å². The predicted molar refractivity (Wildman–Crippen MR) is 81.8 cm³/mol. The van der Waals surface area contributed by atoms with Crippen LogP contribution in [0.25, 0.3) is 11.2 Å². The summed E-state index contributed by atoms with van der Waals surface area (Å²) in [7, 11) is 0. The van der Waals surface area contributed by atoms with E-state index < -0.39 is 35.5 Å². The zero-order valence-electron chi connectivity index (χ0n) is 11.4. The molecule has 2 aromatic rings. The number of halogens is 2. The van der Waals surface area contributed by atoms with Gasteiger partial charge in [0.05, 0.1) is 12.9 Å². The summed E-state index contributed by atoms with van der Waals surface area (Å²) in [5, 5.41) is 21.7. The molecule has 1 fully saturated rings. The van der Waals surface area contributed by atoms with Crippen LogP contribution in [-0.4, -0.2) is 53.4 Å². The molecule has 11 heteroatoms. The lowest BCUT2D eigenvalue weighted by atomic mass is 9.99. The third-order valence-electron chi connectivity index (χ3n) is 3.57. The van der Waals surface area contributed by atoms with Crippen LogP contribution < -0.4 is 11.3 Å². The van der Waals surface area contributed by atoms with Crippen LogP contribution >= 0.6 is 23.2 Å². The second-order valence-electron chi connectivity index (χ2n) is 4.92. The summed E-state index contributed by atoms with van der Waals surface area (Å²) in [6.07, 6.45) is -2.16. The van der Waals surface area contributed by atoms with E-state index in [1.54, 1.807) is 0 Å². The summed E-state index contributed by atoms with van der Waals surface area (Å²) < 4.78 is 6.87. The molecule has 1 aliphatic rings. The van der Waals surface area contributed by atoms with Crippen molar-refractivity contribution in [3.05, 3.63) is 16.7 Å². The fourth-order valence-corrected chi connectivity index (χ4v) is 3.04. The first-order valence-corrected chi connectivity index (χ1v) is 7.16. The van der Waals surface area contributed by atoms with Crippen molar-refractivity contribution < 1.29 is 14.9 Å². The minimum absolute atomic E-state index is 0.0163. The topological polar surface area (TPSA) is 139 Å². The van der Waals surface area contributed by atoms with Gasteiger partial charge in [0.1, 0.15) is 12.2 Å². The maximum Gasteiger partial charge on any atom is 0.280 e. The Labute approximate surface area is 139 Å². The van der Waals surface area contributed by atoms with E-state index in [0.717, 1.165) is 0 Å². The molecule has 4 atom stereocenters. The minimum Gasteiger partial charge on any atom is -0.394 e. The summed E-state index contributed by atoms with van der Waals surface area (Å²) >= 11 is 11.8. The molecule has 23 heavy (non-hydrogen) atoms. The quantitative estimate of drug-likeness (QED) is 0.403. The molecule has 3 rings (SSSR count). The molecule has 1 unspecified atom stereocenters. The normalized spacial score (nSPS) is 30.3. The molecule has 1 saturated heterocycles. The fourth-order valence-electron chi connectivity index (χ4n) is 2.49. The van der Waals surface area contributed by atoms with E-state index in [1.807, 2.05) is 0 Å². The highest BCUT2D eigenvalue weighted by Crippen LogP contribution is 2.43. The van der Waals surface area contributed by atoms with Gasteiger partial charge in [0.15, 0.2) is 22.3 Å². The van der Waals surface area contributed by atoms with Gasteiger partial charge in [-0.2, -0.15) is 4.98 Å². The molecule has 0 radical (unpaired) electrons. The molecule has 0 saturated carbocycles. The number of anilines is 1. The average molecular weight is 360 g/mol. The minimum atomic E-state index is -1.66. The van der Waals surface area contributed by atoms with Crippen LogP contribution in [0.5, 0.6) is 0 Å². The Hall–Kier alpha value is -1.83. The van der Waals surface area contributed by atoms with E-state index in [-0.39, 0.29) is 17.1 Å². The van der Waals surface area contributed by atoms with Gasteiger partial charge >= 0.3 is 0 Å². The Bertz CT molecular complexity index is 872. The highest BCUT2D eigenvalue weighted by atomic mass is 35.5. The molecule has 9 nitrogen and oxygen atoms in total. The number of H-pyrrole nitrogens is 1. The Balaban J connectivity index is 2.20. The van der Waals surface area contributed by atoms with Gasteiger partial charge in [-0.1, -0.05) is 17.5 Å². The highest BCUT2D eigenvalue weighted by molar-refractivity contribution is 6.32. The van der Waals surface area contributed by atoms with Gasteiger partial charge < -0.3 is 20.7 Å². The van der Waals surface area contributed by atoms with Gasteiger partial charge in [0, 0.05) is 5.38 Å². The van der Waals surface area contributed by atoms with E-state index in [0.29, 0.717) is 0 Å². The van der Waals surface area contributed by atoms with Gasteiger partial charge in [-0.05, 0) is 11.6 Å². The molecule has 0 aliphatic carbocycles. The van der Waals surface area contributed by atoms with Crippen molar-refractivity contribution in [2.45, 2.75) is 23.3 Å².